The van der Waals surface area contributed by atoms with E-state index in [4.69, 9.17) is 0 Å². The van der Waals surface area contributed by atoms with E-state index in [2.05, 4.69) is 0 Å². The smallest absolute Gasteiger partial charge is 0.336 e. The van der Waals surface area contributed by atoms with Crippen molar-refractivity contribution in [3.8, 4) is 0 Å². The fourth-order valence-electron chi connectivity index (χ4n) is 3.70. The van der Waals surface area contributed by atoms with Gasteiger partial charge in [-0.1, -0.05) is 26.7 Å². The largest absolute Gasteiger partial charge is 0.478 e. The average Bonchev–Trinajstić information content (AvgIpc) is 2.67. The van der Waals surface area contributed by atoms with Crippen molar-refractivity contribution in [3.63, 3.8) is 0 Å². The predicted octanol–water partition coefficient (Wildman–Crippen LogP) is 4.32. The monoisotopic (exact) mass is 416 g/mol. The third kappa shape index (κ3) is 4.27. The molecule has 0 spiro atoms. The number of unbranched alkanes of at least 4 members (excludes halogenated alkanes) is 2. The normalized spacial score (nSPS) is 10.9. The first-order chi connectivity index (χ1) is 14.1. The molecule has 0 aliphatic carbocycles. The molecule has 0 bridgehead atoms. The van der Waals surface area contributed by atoms with Crippen LogP contribution in [0.4, 0.5) is 0 Å². The van der Waals surface area contributed by atoms with E-state index in [0.717, 1.165) is 0 Å². The lowest BCUT2D eigenvalue weighted by Crippen LogP contribution is -2.16. The number of carbonyl (C=O) groups is 4. The molecule has 30 heavy (non-hydrogen) atoms. The summed E-state index contributed by atoms with van der Waals surface area (Å²) in [6, 6.07) is 2.34. The Bertz CT molecular complexity index is 952. The Balaban J connectivity index is 3.20. The zero-order chi connectivity index (χ0) is 22.6. The number of hydrogen-bond acceptors (Lipinski definition) is 4. The lowest BCUT2D eigenvalue weighted by molar-refractivity contribution is 0.0674. The SMILES string of the molecule is CCCCc1cc(C(=O)O)c2c(C(=O)O)c(CCCC)cc(C(=O)O)c2c1C(=O)O. The summed E-state index contributed by atoms with van der Waals surface area (Å²) >= 11 is 0. The van der Waals surface area contributed by atoms with E-state index in [0.29, 0.717) is 25.7 Å². The topological polar surface area (TPSA) is 149 Å². The number of hydrogen-bond donors (Lipinski definition) is 4. The van der Waals surface area contributed by atoms with Crippen LogP contribution in [-0.2, 0) is 12.8 Å². The highest BCUT2D eigenvalue weighted by Crippen LogP contribution is 2.36. The first-order valence-corrected chi connectivity index (χ1v) is 9.74. The highest BCUT2D eigenvalue weighted by Gasteiger charge is 2.30. The molecule has 0 aliphatic rings. The number of benzene rings is 2. The number of carboxylic acids is 4. The third-order valence-corrected chi connectivity index (χ3v) is 5.06. The summed E-state index contributed by atoms with van der Waals surface area (Å²) in [6.45, 7) is 3.76. The molecule has 160 valence electrons. The van der Waals surface area contributed by atoms with Crippen LogP contribution in [0.1, 0.15) is 92.1 Å². The van der Waals surface area contributed by atoms with E-state index in [1.165, 1.54) is 12.1 Å². The zero-order valence-corrected chi connectivity index (χ0v) is 16.8. The van der Waals surface area contributed by atoms with Crippen LogP contribution >= 0.6 is 0 Å². The van der Waals surface area contributed by atoms with Crippen molar-refractivity contribution < 1.29 is 39.6 Å². The molecule has 2 aromatic carbocycles. The molecule has 0 atom stereocenters. The van der Waals surface area contributed by atoms with Crippen LogP contribution in [0.3, 0.4) is 0 Å². The summed E-state index contributed by atoms with van der Waals surface area (Å²) in [4.78, 5) is 48.2. The minimum Gasteiger partial charge on any atom is -0.478 e. The van der Waals surface area contributed by atoms with Crippen molar-refractivity contribution in [1.29, 1.82) is 0 Å². The van der Waals surface area contributed by atoms with Crippen molar-refractivity contribution in [2.45, 2.75) is 52.4 Å². The maximum Gasteiger partial charge on any atom is 0.336 e. The van der Waals surface area contributed by atoms with E-state index in [9.17, 15) is 39.6 Å². The molecule has 0 aromatic heterocycles. The van der Waals surface area contributed by atoms with Gasteiger partial charge in [0.2, 0.25) is 0 Å². The van der Waals surface area contributed by atoms with Gasteiger partial charge in [0.05, 0.1) is 22.3 Å². The molecule has 0 radical (unpaired) electrons. The molecule has 2 aromatic rings. The minimum absolute atomic E-state index is 0.175. The molecule has 0 saturated carbocycles. The van der Waals surface area contributed by atoms with Gasteiger partial charge >= 0.3 is 23.9 Å². The van der Waals surface area contributed by atoms with E-state index in [1.54, 1.807) is 0 Å². The summed E-state index contributed by atoms with van der Waals surface area (Å²) < 4.78 is 0. The Morgan fingerprint density at radius 3 is 1.20 bits per heavy atom. The maximum atomic E-state index is 12.1. The van der Waals surface area contributed by atoms with E-state index >= 15 is 0 Å². The molecule has 0 unspecified atom stereocenters. The number of rotatable bonds is 10. The third-order valence-electron chi connectivity index (χ3n) is 5.06. The van der Waals surface area contributed by atoms with Crippen LogP contribution in [0.5, 0.6) is 0 Å². The number of carboxylic acid groups (broad SMARTS) is 4. The summed E-state index contributed by atoms with van der Waals surface area (Å²) in [5.74, 6) is -5.74. The standard InChI is InChI=1S/C22H24O8/c1-3-5-7-11-9-13(19(23)24)18-16(22(29)30)12(8-6-4-2)10-14(20(25)26)17(18)15(11)21(27)28/h9-10H,3-8H2,1-2H3,(H,23,24)(H,25,26)(H,27,28)(H,29,30). The van der Waals surface area contributed by atoms with Gasteiger partial charge in [-0.05, 0) is 48.9 Å². The summed E-state index contributed by atoms with van der Waals surface area (Å²) in [5.41, 5.74) is -1.17. The van der Waals surface area contributed by atoms with Crippen molar-refractivity contribution in [2.75, 3.05) is 0 Å². The molecule has 0 saturated heterocycles. The first kappa shape index (κ1) is 22.9. The van der Waals surface area contributed by atoms with Crippen molar-refractivity contribution in [3.05, 3.63) is 45.5 Å². The molecular formula is C22H24O8. The highest BCUT2D eigenvalue weighted by atomic mass is 16.4. The Labute approximate surface area is 172 Å². The number of aromatic carboxylic acids is 4. The second kappa shape index (κ2) is 9.39. The van der Waals surface area contributed by atoms with Crippen molar-refractivity contribution in [1.82, 2.24) is 0 Å². The minimum atomic E-state index is -1.44. The van der Waals surface area contributed by atoms with Crippen LogP contribution in [0, 0.1) is 0 Å². The lowest BCUT2D eigenvalue weighted by atomic mass is 9.84. The van der Waals surface area contributed by atoms with Gasteiger partial charge in [0, 0.05) is 10.8 Å². The van der Waals surface area contributed by atoms with Gasteiger partial charge < -0.3 is 20.4 Å². The molecule has 0 aliphatic heterocycles. The summed E-state index contributed by atoms with van der Waals surface area (Å²) in [5, 5.41) is 38.6. The van der Waals surface area contributed by atoms with E-state index < -0.39 is 35.0 Å². The zero-order valence-electron chi connectivity index (χ0n) is 16.8. The van der Waals surface area contributed by atoms with Crippen LogP contribution in [0.2, 0.25) is 0 Å². The number of aryl methyl sites for hydroxylation is 2. The fourth-order valence-corrected chi connectivity index (χ4v) is 3.70. The maximum absolute atomic E-state index is 12.1. The Kier molecular flexibility index (Phi) is 7.15. The fraction of sp³-hybridized carbons (Fsp3) is 0.364. The van der Waals surface area contributed by atoms with Gasteiger partial charge in [0.15, 0.2) is 0 Å². The van der Waals surface area contributed by atoms with Gasteiger partial charge in [-0.15, -0.1) is 0 Å². The Morgan fingerprint density at radius 1 is 0.633 bits per heavy atom. The average molecular weight is 416 g/mol. The van der Waals surface area contributed by atoms with E-state index in [1.807, 2.05) is 13.8 Å². The molecular weight excluding hydrogens is 392 g/mol. The van der Waals surface area contributed by atoms with Crippen LogP contribution in [0.25, 0.3) is 10.8 Å². The second-order valence-electron chi connectivity index (χ2n) is 7.09. The van der Waals surface area contributed by atoms with Gasteiger partial charge in [-0.25, -0.2) is 19.2 Å². The van der Waals surface area contributed by atoms with Gasteiger partial charge in [0.1, 0.15) is 0 Å². The Morgan fingerprint density at radius 2 is 0.967 bits per heavy atom. The second-order valence-corrected chi connectivity index (χ2v) is 7.09. The molecule has 0 fully saturated rings. The van der Waals surface area contributed by atoms with Gasteiger partial charge in [-0.2, -0.15) is 0 Å². The lowest BCUT2D eigenvalue weighted by Gasteiger charge is -2.19. The molecule has 0 heterocycles. The van der Waals surface area contributed by atoms with Crippen LogP contribution in [-0.4, -0.2) is 44.3 Å². The first-order valence-electron chi connectivity index (χ1n) is 9.74. The predicted molar refractivity (Wildman–Crippen MR) is 109 cm³/mol. The van der Waals surface area contributed by atoms with Gasteiger partial charge in [0.25, 0.3) is 0 Å². The number of fused-ring (bicyclic) bond motifs is 1. The van der Waals surface area contributed by atoms with Gasteiger partial charge in [-0.3, -0.25) is 0 Å². The molecule has 2 rings (SSSR count). The molecule has 8 heteroatoms. The summed E-state index contributed by atoms with van der Waals surface area (Å²) in [6.07, 6.45) is 3.01. The quantitative estimate of drug-likeness (QED) is 0.447. The highest BCUT2D eigenvalue weighted by molar-refractivity contribution is 6.23. The molecule has 8 nitrogen and oxygen atoms in total. The van der Waals surface area contributed by atoms with Crippen molar-refractivity contribution >= 4 is 34.6 Å². The van der Waals surface area contributed by atoms with Crippen LogP contribution < -0.4 is 0 Å². The Hall–Kier alpha value is -3.42. The van der Waals surface area contributed by atoms with Crippen molar-refractivity contribution in [2.24, 2.45) is 0 Å². The molecule has 4 N–H and O–H groups in total. The van der Waals surface area contributed by atoms with Crippen LogP contribution in [0.15, 0.2) is 12.1 Å². The molecule has 0 amide bonds. The summed E-state index contributed by atoms with van der Waals surface area (Å²) in [7, 11) is 0. The van der Waals surface area contributed by atoms with E-state index in [-0.39, 0.29) is 45.9 Å².